The average Bonchev–Trinajstić information content (AvgIpc) is 3.01. The van der Waals surface area contributed by atoms with Crippen molar-refractivity contribution in [3.05, 3.63) is 138 Å². The Morgan fingerprint density at radius 2 is 1.03 bits per heavy atom. The third-order valence-corrected chi connectivity index (χ3v) is 6.67. The summed E-state index contributed by atoms with van der Waals surface area (Å²) in [6.07, 6.45) is 0. The second-order valence-electron chi connectivity index (χ2n) is 9.00. The first kappa shape index (κ1) is 24.2. The predicted octanol–water partition coefficient (Wildman–Crippen LogP) is 8.73. The van der Waals surface area contributed by atoms with Crippen LogP contribution in [0.15, 0.2) is 127 Å². The van der Waals surface area contributed by atoms with Gasteiger partial charge in [0.2, 0.25) is 0 Å². The van der Waals surface area contributed by atoms with E-state index in [0.29, 0.717) is 28.1 Å². The Balaban J connectivity index is 1.48. The summed E-state index contributed by atoms with van der Waals surface area (Å²) >= 11 is 6.32. The lowest BCUT2D eigenvalue weighted by molar-refractivity contribution is 1.07. The molecular formula is C34H21ClN4. The predicted molar refractivity (Wildman–Crippen MR) is 157 cm³/mol. The quantitative estimate of drug-likeness (QED) is 0.228. The molecule has 0 atom stereocenters. The minimum Gasteiger partial charge on any atom is -0.208 e. The van der Waals surface area contributed by atoms with E-state index < -0.39 is 0 Å². The highest BCUT2D eigenvalue weighted by atomic mass is 35.5. The number of nitriles is 1. The molecule has 0 bridgehead atoms. The van der Waals surface area contributed by atoms with Gasteiger partial charge in [-0.15, -0.1) is 0 Å². The lowest BCUT2D eigenvalue weighted by Gasteiger charge is -2.12. The molecule has 184 valence electrons. The van der Waals surface area contributed by atoms with Crippen LogP contribution in [0, 0.1) is 11.3 Å². The van der Waals surface area contributed by atoms with Crippen molar-refractivity contribution in [2.75, 3.05) is 0 Å². The van der Waals surface area contributed by atoms with Gasteiger partial charge in [-0.2, -0.15) is 5.26 Å². The topological polar surface area (TPSA) is 62.5 Å². The van der Waals surface area contributed by atoms with E-state index in [4.69, 9.17) is 26.6 Å². The maximum atomic E-state index is 9.27. The Kier molecular flexibility index (Phi) is 6.66. The number of hydrogen-bond acceptors (Lipinski definition) is 4. The van der Waals surface area contributed by atoms with Crippen LogP contribution in [0.1, 0.15) is 5.56 Å². The summed E-state index contributed by atoms with van der Waals surface area (Å²) in [5, 5.41) is 9.94. The molecule has 0 aliphatic heterocycles. The van der Waals surface area contributed by atoms with Crippen LogP contribution in [0.4, 0.5) is 0 Å². The normalized spacial score (nSPS) is 10.7. The van der Waals surface area contributed by atoms with E-state index >= 15 is 0 Å². The molecule has 6 rings (SSSR count). The van der Waals surface area contributed by atoms with Crippen LogP contribution in [0.25, 0.3) is 56.4 Å². The molecule has 39 heavy (non-hydrogen) atoms. The number of aromatic nitrogens is 3. The molecular weight excluding hydrogens is 500 g/mol. The van der Waals surface area contributed by atoms with Gasteiger partial charge in [0.25, 0.3) is 0 Å². The molecule has 0 N–H and O–H groups in total. The highest BCUT2D eigenvalue weighted by Crippen LogP contribution is 2.33. The second-order valence-corrected chi connectivity index (χ2v) is 9.43. The zero-order chi connectivity index (χ0) is 26.6. The molecule has 0 unspecified atom stereocenters. The van der Waals surface area contributed by atoms with Crippen molar-refractivity contribution in [2.45, 2.75) is 0 Å². The summed E-state index contributed by atoms with van der Waals surface area (Å²) < 4.78 is 0. The van der Waals surface area contributed by atoms with Crippen molar-refractivity contribution in [2.24, 2.45) is 0 Å². The molecule has 0 amide bonds. The molecule has 1 aromatic heterocycles. The first-order valence-electron chi connectivity index (χ1n) is 12.5. The summed E-state index contributed by atoms with van der Waals surface area (Å²) in [5.41, 5.74) is 7.28. The molecule has 1 heterocycles. The Labute approximate surface area is 231 Å². The molecule has 0 fully saturated rings. The summed E-state index contributed by atoms with van der Waals surface area (Å²) in [6, 6.07) is 43.6. The maximum absolute atomic E-state index is 9.27. The minimum absolute atomic E-state index is 0.581. The van der Waals surface area contributed by atoms with Gasteiger partial charge in [-0.05, 0) is 46.5 Å². The lowest BCUT2D eigenvalue weighted by Crippen LogP contribution is -2.01. The summed E-state index contributed by atoms with van der Waals surface area (Å²) in [5.74, 6) is 1.76. The fourth-order valence-corrected chi connectivity index (χ4v) is 4.70. The summed E-state index contributed by atoms with van der Waals surface area (Å²) in [4.78, 5) is 14.7. The highest BCUT2D eigenvalue weighted by molar-refractivity contribution is 6.30. The van der Waals surface area contributed by atoms with Gasteiger partial charge in [0.05, 0.1) is 11.6 Å². The molecule has 0 aliphatic rings. The van der Waals surface area contributed by atoms with E-state index in [1.807, 2.05) is 115 Å². The number of halogens is 1. The Bertz CT molecular complexity index is 1820. The van der Waals surface area contributed by atoms with Gasteiger partial charge in [0.1, 0.15) is 0 Å². The summed E-state index contributed by atoms with van der Waals surface area (Å²) in [7, 11) is 0. The standard InChI is InChI=1S/C34H21ClN4/c35-29-13-7-12-28(21-29)30-14-4-5-15-31(30)34-38-32(25-9-2-1-3-10-25)37-33(39-34)26-18-16-24(17-19-26)27-11-6-8-23(20-27)22-36/h1-21H. The van der Waals surface area contributed by atoms with Crippen molar-refractivity contribution < 1.29 is 0 Å². The monoisotopic (exact) mass is 520 g/mol. The second kappa shape index (κ2) is 10.7. The molecule has 0 saturated heterocycles. The van der Waals surface area contributed by atoms with Crippen LogP contribution in [0.3, 0.4) is 0 Å². The van der Waals surface area contributed by atoms with E-state index in [0.717, 1.165) is 38.9 Å². The van der Waals surface area contributed by atoms with Gasteiger partial charge in [-0.25, -0.2) is 15.0 Å². The van der Waals surface area contributed by atoms with Crippen LogP contribution in [0.5, 0.6) is 0 Å². The molecule has 5 aromatic carbocycles. The minimum atomic E-state index is 0.581. The molecule has 0 spiro atoms. The fraction of sp³-hybridized carbons (Fsp3) is 0. The van der Waals surface area contributed by atoms with Crippen LogP contribution >= 0.6 is 11.6 Å². The molecule has 6 aromatic rings. The van der Waals surface area contributed by atoms with E-state index in [1.165, 1.54) is 0 Å². The number of nitrogens with zero attached hydrogens (tertiary/aromatic N) is 4. The largest absolute Gasteiger partial charge is 0.208 e. The van der Waals surface area contributed by atoms with Gasteiger partial charge in [0.15, 0.2) is 17.5 Å². The van der Waals surface area contributed by atoms with Crippen LogP contribution in [0.2, 0.25) is 5.02 Å². The molecule has 0 aliphatic carbocycles. The van der Waals surface area contributed by atoms with Gasteiger partial charge in [0, 0.05) is 21.7 Å². The number of benzene rings is 5. The molecule has 0 radical (unpaired) electrons. The smallest absolute Gasteiger partial charge is 0.164 e. The van der Waals surface area contributed by atoms with Gasteiger partial charge >= 0.3 is 0 Å². The van der Waals surface area contributed by atoms with E-state index in [2.05, 4.69) is 12.1 Å². The molecule has 5 heteroatoms. The summed E-state index contributed by atoms with van der Waals surface area (Å²) in [6.45, 7) is 0. The first-order chi connectivity index (χ1) is 19.2. The van der Waals surface area contributed by atoms with Crippen molar-refractivity contribution in [1.82, 2.24) is 15.0 Å². The first-order valence-corrected chi connectivity index (χ1v) is 12.8. The number of hydrogen-bond donors (Lipinski definition) is 0. The van der Waals surface area contributed by atoms with Crippen LogP contribution < -0.4 is 0 Å². The SMILES string of the molecule is N#Cc1cccc(-c2ccc(-c3nc(-c4ccccc4)nc(-c4ccccc4-c4cccc(Cl)c4)n3)cc2)c1. The van der Waals surface area contributed by atoms with E-state index in [1.54, 1.807) is 6.07 Å². The Morgan fingerprint density at radius 3 is 1.74 bits per heavy atom. The van der Waals surface area contributed by atoms with Crippen molar-refractivity contribution in [3.8, 4) is 62.5 Å². The highest BCUT2D eigenvalue weighted by Gasteiger charge is 2.15. The molecule has 0 saturated carbocycles. The van der Waals surface area contributed by atoms with Crippen LogP contribution in [-0.2, 0) is 0 Å². The zero-order valence-electron chi connectivity index (χ0n) is 20.8. The maximum Gasteiger partial charge on any atom is 0.164 e. The average molecular weight is 521 g/mol. The van der Waals surface area contributed by atoms with Crippen LogP contribution in [-0.4, -0.2) is 15.0 Å². The van der Waals surface area contributed by atoms with Crippen molar-refractivity contribution in [3.63, 3.8) is 0 Å². The van der Waals surface area contributed by atoms with E-state index in [-0.39, 0.29) is 0 Å². The fourth-order valence-electron chi connectivity index (χ4n) is 4.51. The molecule has 4 nitrogen and oxygen atoms in total. The van der Waals surface area contributed by atoms with Gasteiger partial charge in [-0.3, -0.25) is 0 Å². The Morgan fingerprint density at radius 1 is 0.462 bits per heavy atom. The zero-order valence-corrected chi connectivity index (χ0v) is 21.5. The Hall–Kier alpha value is -5.11. The third kappa shape index (κ3) is 5.17. The van der Waals surface area contributed by atoms with Crippen molar-refractivity contribution in [1.29, 1.82) is 5.26 Å². The van der Waals surface area contributed by atoms with Crippen molar-refractivity contribution >= 4 is 11.6 Å². The van der Waals surface area contributed by atoms with E-state index in [9.17, 15) is 5.26 Å². The third-order valence-electron chi connectivity index (χ3n) is 6.44. The van der Waals surface area contributed by atoms with Gasteiger partial charge < -0.3 is 0 Å². The lowest BCUT2D eigenvalue weighted by atomic mass is 9.99. The number of rotatable bonds is 5. The van der Waals surface area contributed by atoms with Gasteiger partial charge in [-0.1, -0.05) is 115 Å².